The Bertz CT molecular complexity index is 416. The lowest BCUT2D eigenvalue weighted by atomic mass is 10.1. The van der Waals surface area contributed by atoms with Crippen molar-refractivity contribution < 1.29 is 19.8 Å². The van der Waals surface area contributed by atoms with Gasteiger partial charge >= 0.3 is 11.9 Å². The summed E-state index contributed by atoms with van der Waals surface area (Å²) < 4.78 is 0. The van der Waals surface area contributed by atoms with Crippen molar-refractivity contribution in [3.05, 3.63) is 29.8 Å². The van der Waals surface area contributed by atoms with Crippen molar-refractivity contribution >= 4 is 17.6 Å². The van der Waals surface area contributed by atoms with Crippen LogP contribution in [0.15, 0.2) is 24.3 Å². The number of benzene rings is 1. The smallest absolute Gasteiger partial charge is 0.335 e. The highest BCUT2D eigenvalue weighted by molar-refractivity contribution is 5.89. The molecule has 0 spiro atoms. The lowest BCUT2D eigenvalue weighted by Gasteiger charge is -2.23. The maximum absolute atomic E-state index is 10.8. The number of rotatable bonds is 4. The van der Waals surface area contributed by atoms with Crippen LogP contribution in [0, 0.1) is 0 Å². The summed E-state index contributed by atoms with van der Waals surface area (Å²) >= 11 is 0. The van der Waals surface area contributed by atoms with Crippen LogP contribution in [0.1, 0.15) is 17.3 Å². The van der Waals surface area contributed by atoms with Crippen LogP contribution in [0.4, 0.5) is 5.69 Å². The summed E-state index contributed by atoms with van der Waals surface area (Å²) in [4.78, 5) is 23.0. The maximum atomic E-state index is 10.8. The molecule has 86 valence electrons. The van der Waals surface area contributed by atoms with Gasteiger partial charge in [-0.3, -0.25) is 0 Å². The Hall–Kier alpha value is -2.04. The first-order valence-corrected chi connectivity index (χ1v) is 4.72. The fourth-order valence-corrected chi connectivity index (χ4v) is 1.25. The number of carboxylic acid groups (broad SMARTS) is 2. The van der Waals surface area contributed by atoms with E-state index in [4.69, 9.17) is 10.2 Å². The third kappa shape index (κ3) is 2.50. The molecule has 5 nitrogen and oxygen atoms in total. The highest BCUT2D eigenvalue weighted by Crippen LogP contribution is 2.17. The second-order valence-corrected chi connectivity index (χ2v) is 3.48. The predicted octanol–water partition coefficient (Wildman–Crippen LogP) is 1.29. The van der Waals surface area contributed by atoms with E-state index in [2.05, 4.69) is 0 Å². The van der Waals surface area contributed by atoms with Crippen LogP contribution in [0.25, 0.3) is 0 Å². The van der Waals surface area contributed by atoms with Gasteiger partial charge in [0.2, 0.25) is 0 Å². The normalized spacial score (nSPS) is 11.9. The molecule has 1 aromatic carbocycles. The second kappa shape index (κ2) is 4.65. The Morgan fingerprint density at radius 2 is 1.94 bits per heavy atom. The summed E-state index contributed by atoms with van der Waals surface area (Å²) in [5.41, 5.74) is 0.705. The molecule has 5 heteroatoms. The Morgan fingerprint density at radius 3 is 2.44 bits per heavy atom. The zero-order valence-electron chi connectivity index (χ0n) is 9.04. The SMILES string of the molecule is C[C@@H](C(=O)O)N(C)c1cccc(C(=O)O)c1. The Labute approximate surface area is 92.9 Å². The van der Waals surface area contributed by atoms with Gasteiger partial charge in [-0.2, -0.15) is 0 Å². The van der Waals surface area contributed by atoms with Crippen LogP contribution in [-0.2, 0) is 4.79 Å². The number of hydrogen-bond donors (Lipinski definition) is 2. The standard InChI is InChI=1S/C11H13NO4/c1-7(10(13)14)12(2)9-5-3-4-8(6-9)11(15)16/h3-7H,1-2H3,(H,13,14)(H,15,16)/t7-/m0/s1. The van der Waals surface area contributed by atoms with Crippen LogP contribution in [0.3, 0.4) is 0 Å². The molecule has 0 aliphatic rings. The van der Waals surface area contributed by atoms with Crippen molar-refractivity contribution in [2.45, 2.75) is 13.0 Å². The monoisotopic (exact) mass is 223 g/mol. The molecule has 0 saturated heterocycles. The lowest BCUT2D eigenvalue weighted by molar-refractivity contribution is -0.138. The Balaban J connectivity index is 3.00. The van der Waals surface area contributed by atoms with E-state index in [0.29, 0.717) is 5.69 Å². The molecule has 0 unspecified atom stereocenters. The average Bonchev–Trinajstić information content (AvgIpc) is 2.27. The molecular formula is C11H13NO4. The summed E-state index contributed by atoms with van der Waals surface area (Å²) in [6.45, 7) is 1.54. The van der Waals surface area contributed by atoms with Crippen molar-refractivity contribution in [2.75, 3.05) is 11.9 Å². The third-order valence-corrected chi connectivity index (χ3v) is 2.44. The summed E-state index contributed by atoms with van der Waals surface area (Å²) in [6.07, 6.45) is 0. The van der Waals surface area contributed by atoms with Gasteiger partial charge in [0, 0.05) is 12.7 Å². The second-order valence-electron chi connectivity index (χ2n) is 3.48. The summed E-state index contributed by atoms with van der Waals surface area (Å²) in [6, 6.07) is 5.46. The van der Waals surface area contributed by atoms with Gasteiger partial charge in [0.1, 0.15) is 6.04 Å². The first kappa shape index (κ1) is 12.0. The number of carbonyl (C=O) groups is 2. The third-order valence-electron chi connectivity index (χ3n) is 2.44. The Kier molecular flexibility index (Phi) is 3.50. The van der Waals surface area contributed by atoms with E-state index >= 15 is 0 Å². The molecule has 1 rings (SSSR count). The minimum Gasteiger partial charge on any atom is -0.480 e. The number of anilines is 1. The molecule has 16 heavy (non-hydrogen) atoms. The summed E-state index contributed by atoms with van der Waals surface area (Å²) in [5, 5.41) is 17.6. The first-order valence-electron chi connectivity index (χ1n) is 4.72. The minimum atomic E-state index is -1.03. The number of aromatic carboxylic acids is 1. The average molecular weight is 223 g/mol. The molecule has 1 aromatic rings. The van der Waals surface area contributed by atoms with Gasteiger partial charge in [-0.15, -0.1) is 0 Å². The molecule has 0 aliphatic heterocycles. The predicted molar refractivity (Wildman–Crippen MR) is 58.9 cm³/mol. The molecule has 0 fully saturated rings. The molecule has 0 aromatic heterocycles. The van der Waals surface area contributed by atoms with E-state index in [1.165, 1.54) is 24.0 Å². The van der Waals surface area contributed by atoms with Crippen molar-refractivity contribution in [3.63, 3.8) is 0 Å². The van der Waals surface area contributed by atoms with Crippen LogP contribution >= 0.6 is 0 Å². The first-order chi connectivity index (χ1) is 7.43. The number of carboxylic acids is 2. The highest BCUT2D eigenvalue weighted by atomic mass is 16.4. The van der Waals surface area contributed by atoms with Gasteiger partial charge in [0.15, 0.2) is 0 Å². The molecule has 2 N–H and O–H groups in total. The fourth-order valence-electron chi connectivity index (χ4n) is 1.25. The fraction of sp³-hybridized carbons (Fsp3) is 0.273. The quantitative estimate of drug-likeness (QED) is 0.804. The number of hydrogen-bond acceptors (Lipinski definition) is 3. The molecule has 0 bridgehead atoms. The van der Waals surface area contributed by atoms with E-state index in [1.807, 2.05) is 0 Å². The zero-order chi connectivity index (χ0) is 12.3. The van der Waals surface area contributed by atoms with E-state index in [9.17, 15) is 9.59 Å². The number of nitrogens with zero attached hydrogens (tertiary/aromatic N) is 1. The van der Waals surface area contributed by atoms with Gasteiger partial charge in [0.05, 0.1) is 5.56 Å². The van der Waals surface area contributed by atoms with Crippen molar-refractivity contribution in [2.24, 2.45) is 0 Å². The summed E-state index contributed by atoms with van der Waals surface area (Å²) in [5.74, 6) is -1.98. The van der Waals surface area contributed by atoms with Crippen molar-refractivity contribution in [1.82, 2.24) is 0 Å². The van der Waals surface area contributed by atoms with Crippen LogP contribution in [0.2, 0.25) is 0 Å². The molecule has 1 atom stereocenters. The van der Waals surface area contributed by atoms with Gasteiger partial charge in [-0.25, -0.2) is 9.59 Å². The molecule has 0 aliphatic carbocycles. The highest BCUT2D eigenvalue weighted by Gasteiger charge is 2.17. The summed E-state index contributed by atoms with van der Waals surface area (Å²) in [7, 11) is 1.61. The molecule has 0 heterocycles. The minimum absolute atomic E-state index is 0.141. The van der Waals surface area contributed by atoms with E-state index in [0.717, 1.165) is 0 Å². The van der Waals surface area contributed by atoms with E-state index < -0.39 is 18.0 Å². The van der Waals surface area contributed by atoms with E-state index in [-0.39, 0.29) is 5.56 Å². The zero-order valence-corrected chi connectivity index (χ0v) is 9.04. The largest absolute Gasteiger partial charge is 0.480 e. The van der Waals surface area contributed by atoms with Crippen molar-refractivity contribution in [1.29, 1.82) is 0 Å². The molecule has 0 saturated carbocycles. The van der Waals surface area contributed by atoms with Crippen LogP contribution in [-0.4, -0.2) is 35.2 Å². The van der Waals surface area contributed by atoms with Crippen LogP contribution < -0.4 is 4.90 Å². The van der Waals surface area contributed by atoms with Crippen molar-refractivity contribution in [3.8, 4) is 0 Å². The van der Waals surface area contributed by atoms with Gasteiger partial charge in [-0.05, 0) is 25.1 Å². The number of likely N-dealkylation sites (N-methyl/N-ethyl adjacent to an activating group) is 1. The van der Waals surface area contributed by atoms with Gasteiger partial charge in [-0.1, -0.05) is 6.07 Å². The van der Waals surface area contributed by atoms with Gasteiger partial charge in [0.25, 0.3) is 0 Å². The molecular weight excluding hydrogens is 210 g/mol. The molecule has 0 amide bonds. The number of aliphatic carboxylic acids is 1. The van der Waals surface area contributed by atoms with Crippen LogP contribution in [0.5, 0.6) is 0 Å². The van der Waals surface area contributed by atoms with Gasteiger partial charge < -0.3 is 15.1 Å². The maximum Gasteiger partial charge on any atom is 0.335 e. The topological polar surface area (TPSA) is 77.8 Å². The Morgan fingerprint density at radius 1 is 1.31 bits per heavy atom. The van der Waals surface area contributed by atoms with E-state index in [1.54, 1.807) is 19.2 Å². The molecule has 0 radical (unpaired) electrons. The lowest BCUT2D eigenvalue weighted by Crippen LogP contribution is -2.35.